The second-order valence-corrected chi connectivity index (χ2v) is 11.5. The summed E-state index contributed by atoms with van der Waals surface area (Å²) in [4.78, 5) is 16.3. The Hall–Kier alpha value is -3.13. The zero-order valence-electron chi connectivity index (χ0n) is 23.2. The molecule has 3 unspecified atom stereocenters. The second kappa shape index (κ2) is 13.8. The van der Waals surface area contributed by atoms with Crippen molar-refractivity contribution in [2.24, 2.45) is 5.92 Å². The Labute approximate surface area is 235 Å². The number of halogens is 2. The van der Waals surface area contributed by atoms with Crippen molar-refractivity contribution in [3.8, 4) is 5.75 Å². The van der Waals surface area contributed by atoms with Crippen molar-refractivity contribution < 1.29 is 18.7 Å². The number of pyridine rings is 1. The van der Waals surface area contributed by atoms with E-state index in [1.54, 1.807) is 19.2 Å². The van der Waals surface area contributed by atoms with Crippen molar-refractivity contribution in [2.45, 2.75) is 90.4 Å². The largest absolute Gasteiger partial charge is 0.482 e. The number of nitrogens with zero attached hydrogens (tertiary/aromatic N) is 1. The van der Waals surface area contributed by atoms with Gasteiger partial charge < -0.3 is 25.9 Å². The van der Waals surface area contributed by atoms with E-state index in [0.717, 1.165) is 38.5 Å². The molecule has 0 amide bonds. The molecule has 1 aliphatic carbocycles. The molecule has 7 nitrogen and oxygen atoms in total. The fourth-order valence-electron chi connectivity index (χ4n) is 4.75. The number of rotatable bonds is 10. The van der Waals surface area contributed by atoms with Crippen LogP contribution >= 0.6 is 11.6 Å². The minimum Gasteiger partial charge on any atom is -0.482 e. The third kappa shape index (κ3) is 9.53. The topological polar surface area (TPSA) is 110 Å². The van der Waals surface area contributed by atoms with Gasteiger partial charge in [-0.3, -0.25) is 4.79 Å². The molecule has 3 rings (SSSR count). The third-order valence-electron chi connectivity index (χ3n) is 6.81. The number of anilines is 1. The fraction of sp³-hybridized carbons (Fsp3) is 0.500. The molecule has 2 aromatic rings. The summed E-state index contributed by atoms with van der Waals surface area (Å²) in [6, 6.07) is 6.12. The highest BCUT2D eigenvalue weighted by molar-refractivity contribution is 6.31. The highest BCUT2D eigenvalue weighted by atomic mass is 35.5. The quantitative estimate of drug-likeness (QED) is 0.161. The van der Waals surface area contributed by atoms with E-state index in [9.17, 15) is 9.18 Å². The molecule has 1 aliphatic rings. The summed E-state index contributed by atoms with van der Waals surface area (Å²) in [6.45, 7) is 7.43. The summed E-state index contributed by atoms with van der Waals surface area (Å²) in [5.74, 6) is 0.489. The lowest BCUT2D eigenvalue weighted by molar-refractivity contribution is -0.155. The minimum atomic E-state index is -0.563. The van der Waals surface area contributed by atoms with E-state index < -0.39 is 17.5 Å². The molecule has 1 heterocycles. The van der Waals surface area contributed by atoms with Crippen molar-refractivity contribution in [3.63, 3.8) is 0 Å². The molecule has 1 saturated carbocycles. The molecular weight excluding hydrogens is 519 g/mol. The van der Waals surface area contributed by atoms with Gasteiger partial charge in [-0.15, -0.1) is 0 Å². The number of aromatic nitrogens is 1. The maximum absolute atomic E-state index is 13.7. The average Bonchev–Trinajstić information content (AvgIpc) is 3.10. The summed E-state index contributed by atoms with van der Waals surface area (Å²) < 4.78 is 25.2. The Morgan fingerprint density at radius 2 is 2.05 bits per heavy atom. The first kappa shape index (κ1) is 30.4. The van der Waals surface area contributed by atoms with Gasteiger partial charge in [0.1, 0.15) is 17.5 Å². The highest BCUT2D eigenvalue weighted by Crippen LogP contribution is 2.32. The first-order valence-electron chi connectivity index (χ1n) is 13.5. The average molecular weight is 559 g/mol. The Morgan fingerprint density at radius 1 is 1.28 bits per heavy atom. The third-order valence-corrected chi connectivity index (χ3v) is 7.15. The van der Waals surface area contributed by atoms with Crippen LogP contribution in [0.15, 0.2) is 36.7 Å². The summed E-state index contributed by atoms with van der Waals surface area (Å²) >= 11 is 6.23. The normalized spacial score (nSPS) is 19.1. The molecular formula is C30H40ClFN4O3. The monoisotopic (exact) mass is 558 g/mol. The number of nitrogen functional groups attached to an aromatic ring is 1. The molecule has 0 saturated heterocycles. The van der Waals surface area contributed by atoms with E-state index in [1.807, 2.05) is 27.0 Å². The van der Waals surface area contributed by atoms with Gasteiger partial charge in [-0.1, -0.05) is 24.4 Å². The molecule has 1 fully saturated rings. The Balaban J connectivity index is 1.60. The standard InChI is InChI=1S/C30H40ClFN4O3/c1-19(25-15-23(32)10-12-26(25)31)38-27-14-21(17-36-29(27)34)22(16-33)18-35-24-7-5-6-20(8-11-24)9-13-28(37)39-30(2,3)4/h10,12,14-20,24,33,35H,5-9,11,13H2,1-4H3,(H2,34,36)/b22-18+,33-16?. The number of carbonyl (C=O) groups excluding carboxylic acids is 1. The van der Waals surface area contributed by atoms with Gasteiger partial charge in [0.25, 0.3) is 0 Å². The van der Waals surface area contributed by atoms with Crippen LogP contribution in [0.4, 0.5) is 10.2 Å². The number of allylic oxidation sites excluding steroid dienone is 1. The smallest absolute Gasteiger partial charge is 0.306 e. The number of carbonyl (C=O) groups is 1. The Kier molecular flexibility index (Phi) is 10.7. The fourth-order valence-corrected chi connectivity index (χ4v) is 5.02. The van der Waals surface area contributed by atoms with Crippen LogP contribution in [0.5, 0.6) is 5.75 Å². The van der Waals surface area contributed by atoms with Crippen molar-refractivity contribution >= 4 is 35.2 Å². The van der Waals surface area contributed by atoms with Gasteiger partial charge in [0.15, 0.2) is 11.6 Å². The van der Waals surface area contributed by atoms with Crippen LogP contribution in [-0.4, -0.2) is 28.8 Å². The molecule has 0 bridgehead atoms. The van der Waals surface area contributed by atoms with Crippen LogP contribution < -0.4 is 15.8 Å². The van der Waals surface area contributed by atoms with Gasteiger partial charge >= 0.3 is 5.97 Å². The van der Waals surface area contributed by atoms with Gasteiger partial charge in [-0.2, -0.15) is 0 Å². The van der Waals surface area contributed by atoms with Crippen LogP contribution in [0, 0.1) is 17.1 Å². The lowest BCUT2D eigenvalue weighted by Crippen LogP contribution is -2.24. The Bertz CT molecular complexity index is 1180. The van der Waals surface area contributed by atoms with E-state index in [1.165, 1.54) is 24.4 Å². The van der Waals surface area contributed by atoms with Crippen molar-refractivity contribution in [1.29, 1.82) is 5.41 Å². The Morgan fingerprint density at radius 3 is 2.77 bits per heavy atom. The number of nitrogens with one attached hydrogen (secondary N) is 2. The molecule has 212 valence electrons. The van der Waals surface area contributed by atoms with E-state index in [4.69, 9.17) is 32.2 Å². The maximum atomic E-state index is 13.7. The van der Waals surface area contributed by atoms with Crippen LogP contribution in [0.3, 0.4) is 0 Å². The van der Waals surface area contributed by atoms with E-state index in [2.05, 4.69) is 10.3 Å². The zero-order valence-corrected chi connectivity index (χ0v) is 24.0. The van der Waals surface area contributed by atoms with Crippen LogP contribution in [-0.2, 0) is 9.53 Å². The summed E-state index contributed by atoms with van der Waals surface area (Å²) in [7, 11) is 0. The maximum Gasteiger partial charge on any atom is 0.306 e. The molecule has 3 atom stereocenters. The van der Waals surface area contributed by atoms with E-state index >= 15 is 0 Å². The summed E-state index contributed by atoms with van der Waals surface area (Å²) in [5, 5.41) is 11.8. The molecule has 4 N–H and O–H groups in total. The number of esters is 1. The molecule has 1 aromatic heterocycles. The molecule has 0 aliphatic heterocycles. The minimum absolute atomic E-state index is 0.131. The number of ether oxygens (including phenoxy) is 2. The van der Waals surface area contributed by atoms with E-state index in [-0.39, 0.29) is 17.8 Å². The predicted molar refractivity (Wildman–Crippen MR) is 154 cm³/mol. The van der Waals surface area contributed by atoms with E-state index in [0.29, 0.717) is 39.8 Å². The van der Waals surface area contributed by atoms with Crippen LogP contribution in [0.25, 0.3) is 5.57 Å². The van der Waals surface area contributed by atoms with Crippen molar-refractivity contribution in [3.05, 3.63) is 58.6 Å². The molecule has 0 radical (unpaired) electrons. The zero-order chi connectivity index (χ0) is 28.6. The number of hydrogen-bond acceptors (Lipinski definition) is 7. The summed E-state index contributed by atoms with van der Waals surface area (Å²) in [5.41, 5.74) is 7.41. The highest BCUT2D eigenvalue weighted by Gasteiger charge is 2.22. The number of hydrogen-bond donors (Lipinski definition) is 3. The molecule has 9 heteroatoms. The van der Waals surface area contributed by atoms with Crippen LogP contribution in [0.1, 0.15) is 89.9 Å². The predicted octanol–water partition coefficient (Wildman–Crippen LogP) is 7.25. The molecule has 0 spiro atoms. The SMILES string of the molecule is CC(Oc1cc(/C(C=N)=C/NC2CCCC(CCC(=O)OC(C)(C)C)CC2)cnc1N)c1cc(F)ccc1Cl. The lowest BCUT2D eigenvalue weighted by Gasteiger charge is -2.20. The van der Waals surface area contributed by atoms with Gasteiger partial charge in [0.05, 0.1) is 0 Å². The number of nitrogens with two attached hydrogens (primary N) is 1. The van der Waals surface area contributed by atoms with Gasteiger partial charge in [0.2, 0.25) is 0 Å². The van der Waals surface area contributed by atoms with Gasteiger partial charge in [0, 0.05) is 52.8 Å². The van der Waals surface area contributed by atoms with Crippen LogP contribution in [0.2, 0.25) is 5.02 Å². The van der Waals surface area contributed by atoms with Crippen molar-refractivity contribution in [1.82, 2.24) is 10.3 Å². The second-order valence-electron chi connectivity index (χ2n) is 11.1. The summed E-state index contributed by atoms with van der Waals surface area (Å²) in [6.07, 6.45) is 10.7. The van der Waals surface area contributed by atoms with Gasteiger partial charge in [-0.05, 0) is 83.6 Å². The molecule has 39 heavy (non-hydrogen) atoms. The lowest BCUT2D eigenvalue weighted by atomic mass is 9.95. The van der Waals surface area contributed by atoms with Crippen molar-refractivity contribution in [2.75, 3.05) is 5.73 Å². The first-order valence-corrected chi connectivity index (χ1v) is 13.9. The first-order chi connectivity index (χ1) is 18.4. The van der Waals surface area contributed by atoms with Gasteiger partial charge in [-0.25, -0.2) is 9.37 Å². The molecule has 1 aromatic carbocycles. The number of benzene rings is 1.